The number of hydrogen-bond acceptors (Lipinski definition) is 4. The summed E-state index contributed by atoms with van der Waals surface area (Å²) < 4.78 is 9.95. The Morgan fingerprint density at radius 1 is 0.957 bits per heavy atom. The monoisotopic (exact) mass is 312 g/mol. The molecule has 2 aromatic rings. The summed E-state index contributed by atoms with van der Waals surface area (Å²) in [4.78, 5) is 23.7. The smallest absolute Gasteiger partial charge is 0.334 e. The van der Waals surface area contributed by atoms with Crippen molar-refractivity contribution in [2.75, 3.05) is 13.2 Å². The molecule has 0 radical (unpaired) electrons. The third kappa shape index (κ3) is 4.68. The number of esters is 2. The first-order valence-electron chi connectivity index (χ1n) is 7.66. The summed E-state index contributed by atoms with van der Waals surface area (Å²) in [7, 11) is 0. The minimum Gasteiger partial charge on any atom is -0.466 e. The predicted octanol–water partition coefficient (Wildman–Crippen LogP) is 3.74. The fraction of sp³-hybridized carbons (Fsp3) is 0.263. The molecule has 0 spiro atoms. The van der Waals surface area contributed by atoms with Gasteiger partial charge in [-0.05, 0) is 42.3 Å². The van der Waals surface area contributed by atoms with Gasteiger partial charge in [0, 0.05) is 5.57 Å². The largest absolute Gasteiger partial charge is 0.466 e. The number of fused-ring (bicyclic) bond motifs is 1. The highest BCUT2D eigenvalue weighted by molar-refractivity contribution is 5.99. The summed E-state index contributed by atoms with van der Waals surface area (Å²) in [6, 6.07) is 13.8. The molecule has 0 fully saturated rings. The van der Waals surface area contributed by atoms with E-state index >= 15 is 0 Å². The molecule has 0 heterocycles. The molecular weight excluding hydrogens is 292 g/mol. The normalized spacial score (nSPS) is 11.3. The van der Waals surface area contributed by atoms with Crippen LogP contribution in [0.3, 0.4) is 0 Å². The van der Waals surface area contributed by atoms with Gasteiger partial charge < -0.3 is 9.47 Å². The van der Waals surface area contributed by atoms with E-state index in [1.807, 2.05) is 42.5 Å². The SMILES string of the molecule is CCOC(=O)C/C(=C\c1ccc2ccccc2c1)C(=O)OCC. The molecule has 4 heteroatoms. The maximum absolute atomic E-state index is 12.1. The Bertz CT molecular complexity index is 731. The number of benzene rings is 2. The molecule has 0 aromatic heterocycles. The fourth-order valence-corrected chi connectivity index (χ4v) is 2.27. The van der Waals surface area contributed by atoms with Crippen LogP contribution in [0.4, 0.5) is 0 Å². The molecule has 0 aliphatic rings. The van der Waals surface area contributed by atoms with Crippen LogP contribution >= 0.6 is 0 Å². The molecule has 2 aromatic carbocycles. The van der Waals surface area contributed by atoms with Gasteiger partial charge in [0.05, 0.1) is 19.6 Å². The molecule has 0 unspecified atom stereocenters. The Labute approximate surface area is 135 Å². The molecule has 120 valence electrons. The molecule has 23 heavy (non-hydrogen) atoms. The van der Waals surface area contributed by atoms with Crippen LogP contribution in [0, 0.1) is 0 Å². The minimum atomic E-state index is -0.492. The average Bonchev–Trinajstić information content (AvgIpc) is 2.54. The van der Waals surface area contributed by atoms with E-state index in [0.29, 0.717) is 5.57 Å². The van der Waals surface area contributed by atoms with Crippen molar-refractivity contribution in [2.45, 2.75) is 20.3 Å². The van der Waals surface area contributed by atoms with Crippen molar-refractivity contribution in [3.63, 3.8) is 0 Å². The molecule has 0 aliphatic heterocycles. The van der Waals surface area contributed by atoms with Gasteiger partial charge in [-0.25, -0.2) is 4.79 Å². The van der Waals surface area contributed by atoms with E-state index in [1.165, 1.54) is 0 Å². The summed E-state index contributed by atoms with van der Waals surface area (Å²) >= 11 is 0. The second-order valence-corrected chi connectivity index (χ2v) is 4.98. The third-order valence-corrected chi connectivity index (χ3v) is 3.29. The van der Waals surface area contributed by atoms with Crippen LogP contribution < -0.4 is 0 Å². The van der Waals surface area contributed by atoms with Crippen molar-refractivity contribution in [1.82, 2.24) is 0 Å². The van der Waals surface area contributed by atoms with Gasteiger partial charge in [-0.3, -0.25) is 4.79 Å². The summed E-state index contributed by atoms with van der Waals surface area (Å²) in [5, 5.41) is 2.19. The maximum atomic E-state index is 12.1. The zero-order chi connectivity index (χ0) is 16.7. The molecule has 0 N–H and O–H groups in total. The van der Waals surface area contributed by atoms with E-state index in [-0.39, 0.29) is 19.6 Å². The van der Waals surface area contributed by atoms with E-state index in [4.69, 9.17) is 9.47 Å². The molecule has 0 saturated heterocycles. The van der Waals surface area contributed by atoms with E-state index in [2.05, 4.69) is 0 Å². The van der Waals surface area contributed by atoms with Gasteiger partial charge in [-0.2, -0.15) is 0 Å². The zero-order valence-electron chi connectivity index (χ0n) is 13.4. The van der Waals surface area contributed by atoms with Gasteiger partial charge in [0.25, 0.3) is 0 Å². The van der Waals surface area contributed by atoms with E-state index in [9.17, 15) is 9.59 Å². The molecule has 0 amide bonds. The van der Waals surface area contributed by atoms with Gasteiger partial charge in [-0.1, -0.05) is 36.4 Å². The standard InChI is InChI=1S/C19H20O4/c1-3-22-18(20)13-17(19(21)23-4-2)12-14-9-10-15-7-5-6-8-16(15)11-14/h5-12H,3-4,13H2,1-2H3/b17-12+. The highest BCUT2D eigenvalue weighted by Gasteiger charge is 2.16. The van der Waals surface area contributed by atoms with Crippen molar-refractivity contribution >= 4 is 28.8 Å². The summed E-state index contributed by atoms with van der Waals surface area (Å²) in [5.41, 5.74) is 1.14. The van der Waals surface area contributed by atoms with Crippen molar-refractivity contribution in [2.24, 2.45) is 0 Å². The van der Waals surface area contributed by atoms with Crippen LogP contribution in [-0.4, -0.2) is 25.2 Å². The quantitative estimate of drug-likeness (QED) is 0.602. The van der Waals surface area contributed by atoms with Gasteiger partial charge in [0.15, 0.2) is 0 Å². The highest BCUT2D eigenvalue weighted by atomic mass is 16.5. The topological polar surface area (TPSA) is 52.6 Å². The van der Waals surface area contributed by atoms with Gasteiger partial charge in [0.1, 0.15) is 0 Å². The second kappa shape index (κ2) is 8.13. The van der Waals surface area contributed by atoms with E-state index < -0.39 is 11.9 Å². The van der Waals surface area contributed by atoms with Crippen molar-refractivity contribution in [3.8, 4) is 0 Å². The lowest BCUT2D eigenvalue weighted by atomic mass is 10.0. The van der Waals surface area contributed by atoms with Crippen LogP contribution in [0.15, 0.2) is 48.0 Å². The van der Waals surface area contributed by atoms with E-state index in [1.54, 1.807) is 19.9 Å². The summed E-state index contributed by atoms with van der Waals surface area (Å²) in [6.45, 7) is 4.01. The first-order chi connectivity index (χ1) is 11.1. The summed E-state index contributed by atoms with van der Waals surface area (Å²) in [6.07, 6.45) is 1.58. The number of ether oxygens (including phenoxy) is 2. The maximum Gasteiger partial charge on any atom is 0.334 e. The molecule has 0 saturated carbocycles. The average molecular weight is 312 g/mol. The Morgan fingerprint density at radius 3 is 2.35 bits per heavy atom. The summed E-state index contributed by atoms with van der Waals surface area (Å²) in [5.74, 6) is -0.929. The van der Waals surface area contributed by atoms with Gasteiger partial charge >= 0.3 is 11.9 Å². The number of carbonyl (C=O) groups excluding carboxylic acids is 2. The fourth-order valence-electron chi connectivity index (χ4n) is 2.27. The third-order valence-electron chi connectivity index (χ3n) is 3.29. The Kier molecular flexibility index (Phi) is 5.92. The van der Waals surface area contributed by atoms with Crippen LogP contribution in [0.25, 0.3) is 16.8 Å². The van der Waals surface area contributed by atoms with Gasteiger partial charge in [0.2, 0.25) is 0 Å². The van der Waals surface area contributed by atoms with E-state index in [0.717, 1.165) is 16.3 Å². The Hall–Kier alpha value is -2.62. The van der Waals surface area contributed by atoms with Crippen LogP contribution in [0.1, 0.15) is 25.8 Å². The number of hydrogen-bond donors (Lipinski definition) is 0. The Balaban J connectivity index is 2.32. The number of rotatable bonds is 6. The first kappa shape index (κ1) is 16.7. The molecule has 0 bridgehead atoms. The van der Waals surface area contributed by atoms with Crippen LogP contribution in [0.5, 0.6) is 0 Å². The van der Waals surface area contributed by atoms with Crippen molar-refractivity contribution in [3.05, 3.63) is 53.6 Å². The molecule has 4 nitrogen and oxygen atoms in total. The zero-order valence-corrected chi connectivity index (χ0v) is 13.4. The van der Waals surface area contributed by atoms with Crippen LogP contribution in [0.2, 0.25) is 0 Å². The van der Waals surface area contributed by atoms with Crippen molar-refractivity contribution < 1.29 is 19.1 Å². The molecule has 0 aliphatic carbocycles. The first-order valence-corrected chi connectivity index (χ1v) is 7.66. The highest BCUT2D eigenvalue weighted by Crippen LogP contribution is 2.19. The van der Waals surface area contributed by atoms with Crippen molar-refractivity contribution in [1.29, 1.82) is 0 Å². The molecular formula is C19H20O4. The minimum absolute atomic E-state index is 0.0977. The number of carbonyl (C=O) groups is 2. The predicted molar refractivity (Wildman–Crippen MR) is 89.8 cm³/mol. The molecule has 0 atom stereocenters. The lowest BCUT2D eigenvalue weighted by molar-refractivity contribution is -0.145. The Morgan fingerprint density at radius 2 is 1.65 bits per heavy atom. The lowest BCUT2D eigenvalue weighted by Crippen LogP contribution is -2.13. The lowest BCUT2D eigenvalue weighted by Gasteiger charge is -2.07. The molecule has 2 rings (SSSR count). The van der Waals surface area contributed by atoms with Crippen LogP contribution in [-0.2, 0) is 19.1 Å². The van der Waals surface area contributed by atoms with Gasteiger partial charge in [-0.15, -0.1) is 0 Å². The second-order valence-electron chi connectivity index (χ2n) is 4.98.